The minimum Gasteiger partial charge on any atom is -0.497 e. The number of nitrogens with zero attached hydrogens (tertiary/aromatic N) is 3. The Hall–Kier alpha value is -4.06. The van der Waals surface area contributed by atoms with Crippen LogP contribution in [0.15, 0.2) is 85.1 Å². The lowest BCUT2D eigenvalue weighted by atomic mass is 10.1. The van der Waals surface area contributed by atoms with Crippen molar-refractivity contribution in [2.75, 3.05) is 43.1 Å². The fourth-order valence-electron chi connectivity index (χ4n) is 4.39. The highest BCUT2D eigenvalue weighted by Crippen LogP contribution is 2.27. The van der Waals surface area contributed by atoms with Gasteiger partial charge < -0.3 is 19.9 Å². The smallest absolute Gasteiger partial charge is 0.251 e. The first-order valence-electron chi connectivity index (χ1n) is 11.6. The van der Waals surface area contributed by atoms with E-state index in [-0.39, 0.29) is 5.91 Å². The van der Waals surface area contributed by atoms with E-state index in [0.717, 1.165) is 54.1 Å². The van der Waals surface area contributed by atoms with Gasteiger partial charge in [0.15, 0.2) is 0 Å². The molecule has 0 bridgehead atoms. The van der Waals surface area contributed by atoms with Gasteiger partial charge in [0.1, 0.15) is 11.6 Å². The quantitative estimate of drug-likeness (QED) is 0.467. The van der Waals surface area contributed by atoms with Crippen LogP contribution in [-0.2, 0) is 6.54 Å². The Labute approximate surface area is 199 Å². The van der Waals surface area contributed by atoms with E-state index < -0.39 is 0 Å². The van der Waals surface area contributed by atoms with Crippen LogP contribution in [0.2, 0.25) is 0 Å². The number of para-hydroxylation sites is 1. The Morgan fingerprint density at radius 2 is 1.65 bits per heavy atom. The van der Waals surface area contributed by atoms with E-state index in [2.05, 4.69) is 39.4 Å². The molecule has 2 heterocycles. The van der Waals surface area contributed by atoms with Crippen molar-refractivity contribution in [1.82, 2.24) is 10.3 Å². The summed E-state index contributed by atoms with van der Waals surface area (Å²) in [6, 6.07) is 26.1. The van der Waals surface area contributed by atoms with Gasteiger partial charge in [0.2, 0.25) is 0 Å². The summed E-state index contributed by atoms with van der Waals surface area (Å²) < 4.78 is 5.19. The molecule has 0 radical (unpaired) electrons. The van der Waals surface area contributed by atoms with Gasteiger partial charge in [0.25, 0.3) is 5.91 Å². The Bertz CT molecular complexity index is 1270. The summed E-state index contributed by atoms with van der Waals surface area (Å²) in [6.45, 7) is 4.10. The molecule has 34 heavy (non-hydrogen) atoms. The van der Waals surface area contributed by atoms with E-state index in [1.807, 2.05) is 60.8 Å². The van der Waals surface area contributed by atoms with Gasteiger partial charge in [-0.2, -0.15) is 0 Å². The molecule has 1 aliphatic heterocycles. The van der Waals surface area contributed by atoms with E-state index in [0.29, 0.717) is 12.1 Å². The molecule has 5 rings (SSSR count). The Kier molecular flexibility index (Phi) is 6.29. The number of benzene rings is 3. The summed E-state index contributed by atoms with van der Waals surface area (Å²) in [5.74, 6) is 1.64. The van der Waals surface area contributed by atoms with Crippen LogP contribution >= 0.6 is 0 Å². The molecule has 0 atom stereocenters. The Balaban J connectivity index is 1.30. The lowest BCUT2D eigenvalue weighted by molar-refractivity contribution is 0.0951. The Morgan fingerprint density at radius 3 is 2.38 bits per heavy atom. The highest BCUT2D eigenvalue weighted by molar-refractivity contribution is 6.01. The summed E-state index contributed by atoms with van der Waals surface area (Å²) in [4.78, 5) is 22.3. The van der Waals surface area contributed by atoms with E-state index in [1.54, 1.807) is 7.11 Å². The van der Waals surface area contributed by atoms with Crippen molar-refractivity contribution in [2.45, 2.75) is 6.54 Å². The fraction of sp³-hybridized carbons (Fsp3) is 0.214. The predicted octanol–water partition coefficient (Wildman–Crippen LogP) is 4.50. The molecule has 0 spiro atoms. The molecular weight excluding hydrogens is 424 g/mol. The lowest BCUT2D eigenvalue weighted by Crippen LogP contribution is -2.46. The number of fused-ring (bicyclic) bond motifs is 1. The second-order valence-corrected chi connectivity index (χ2v) is 8.41. The predicted molar refractivity (Wildman–Crippen MR) is 137 cm³/mol. The first kappa shape index (κ1) is 21.8. The Morgan fingerprint density at radius 1 is 0.912 bits per heavy atom. The molecule has 1 amide bonds. The number of carbonyl (C=O) groups excluding carboxylic acids is 1. The minimum atomic E-state index is -0.0959. The van der Waals surface area contributed by atoms with Gasteiger partial charge in [-0.1, -0.05) is 36.4 Å². The first-order chi connectivity index (χ1) is 16.7. The molecule has 6 heteroatoms. The van der Waals surface area contributed by atoms with Gasteiger partial charge >= 0.3 is 0 Å². The van der Waals surface area contributed by atoms with Gasteiger partial charge in [-0.3, -0.25) is 4.79 Å². The van der Waals surface area contributed by atoms with Crippen molar-refractivity contribution in [1.29, 1.82) is 0 Å². The maximum absolute atomic E-state index is 12.9. The average molecular weight is 453 g/mol. The molecule has 1 N–H and O–H groups in total. The van der Waals surface area contributed by atoms with Crippen LogP contribution in [0.3, 0.4) is 0 Å². The molecule has 0 aliphatic carbocycles. The van der Waals surface area contributed by atoms with Crippen LogP contribution in [0.5, 0.6) is 5.75 Å². The zero-order chi connectivity index (χ0) is 23.3. The zero-order valence-corrected chi connectivity index (χ0v) is 19.3. The van der Waals surface area contributed by atoms with Crippen LogP contribution in [0.25, 0.3) is 10.8 Å². The molecule has 4 aromatic rings. The highest BCUT2D eigenvalue weighted by atomic mass is 16.5. The zero-order valence-electron chi connectivity index (χ0n) is 19.3. The summed E-state index contributed by atoms with van der Waals surface area (Å²) in [5, 5.41) is 5.11. The normalized spacial score (nSPS) is 13.7. The second-order valence-electron chi connectivity index (χ2n) is 8.41. The molecule has 172 valence electrons. The van der Waals surface area contributed by atoms with Crippen LogP contribution in [0, 0.1) is 0 Å². The van der Waals surface area contributed by atoms with Gasteiger partial charge in [0.05, 0.1) is 7.11 Å². The first-order valence-corrected chi connectivity index (χ1v) is 11.6. The largest absolute Gasteiger partial charge is 0.497 e. The van der Waals surface area contributed by atoms with Crippen LogP contribution in [0.4, 0.5) is 11.5 Å². The molecular formula is C28H28N4O2. The van der Waals surface area contributed by atoms with Crippen molar-refractivity contribution in [3.8, 4) is 5.75 Å². The number of rotatable bonds is 6. The second kappa shape index (κ2) is 9.83. The number of amides is 1. The number of anilines is 2. The van der Waals surface area contributed by atoms with E-state index in [9.17, 15) is 4.79 Å². The number of ether oxygens (including phenoxy) is 1. The SMILES string of the molecule is COc1ccc(CNC(=O)c2ccc3ccnc(N4CCN(c5ccccc5)CC4)c3c2)cc1. The number of piperazine rings is 1. The van der Waals surface area contributed by atoms with Crippen LogP contribution < -0.4 is 19.9 Å². The maximum atomic E-state index is 12.9. The van der Waals surface area contributed by atoms with Gasteiger partial charge in [-0.05, 0) is 53.4 Å². The third-order valence-electron chi connectivity index (χ3n) is 6.32. The summed E-state index contributed by atoms with van der Waals surface area (Å²) in [7, 11) is 1.64. The number of nitrogens with one attached hydrogen (secondary N) is 1. The van der Waals surface area contributed by atoms with Gasteiger partial charge in [0, 0.05) is 55.6 Å². The average Bonchev–Trinajstić information content (AvgIpc) is 2.92. The summed E-state index contributed by atoms with van der Waals surface area (Å²) >= 11 is 0. The van der Waals surface area contributed by atoms with Crippen molar-refractivity contribution >= 4 is 28.2 Å². The van der Waals surface area contributed by atoms with Crippen LogP contribution in [0.1, 0.15) is 15.9 Å². The third-order valence-corrected chi connectivity index (χ3v) is 6.32. The molecule has 0 unspecified atom stereocenters. The molecule has 1 saturated heterocycles. The number of methoxy groups -OCH3 is 1. The van der Waals surface area contributed by atoms with Gasteiger partial charge in [-0.15, -0.1) is 0 Å². The number of pyridine rings is 1. The fourth-order valence-corrected chi connectivity index (χ4v) is 4.39. The number of carbonyl (C=O) groups is 1. The van der Waals surface area contributed by atoms with E-state index in [1.165, 1.54) is 5.69 Å². The molecule has 1 aromatic heterocycles. The maximum Gasteiger partial charge on any atom is 0.251 e. The molecule has 6 nitrogen and oxygen atoms in total. The monoisotopic (exact) mass is 452 g/mol. The molecule has 0 saturated carbocycles. The van der Waals surface area contributed by atoms with Crippen molar-refractivity contribution in [3.05, 3.63) is 96.2 Å². The topological polar surface area (TPSA) is 57.7 Å². The highest BCUT2D eigenvalue weighted by Gasteiger charge is 2.20. The summed E-state index contributed by atoms with van der Waals surface area (Å²) in [5.41, 5.74) is 2.91. The van der Waals surface area contributed by atoms with Gasteiger partial charge in [-0.25, -0.2) is 4.98 Å². The van der Waals surface area contributed by atoms with Crippen molar-refractivity contribution < 1.29 is 9.53 Å². The molecule has 1 aliphatic rings. The van der Waals surface area contributed by atoms with Crippen molar-refractivity contribution in [3.63, 3.8) is 0 Å². The third kappa shape index (κ3) is 4.66. The van der Waals surface area contributed by atoms with E-state index >= 15 is 0 Å². The van der Waals surface area contributed by atoms with Crippen molar-refractivity contribution in [2.24, 2.45) is 0 Å². The number of aromatic nitrogens is 1. The lowest BCUT2D eigenvalue weighted by Gasteiger charge is -2.37. The summed E-state index contributed by atoms with van der Waals surface area (Å²) in [6.07, 6.45) is 1.85. The molecule has 1 fully saturated rings. The van der Waals surface area contributed by atoms with Crippen LogP contribution in [-0.4, -0.2) is 44.2 Å². The number of hydrogen-bond donors (Lipinski definition) is 1. The standard InChI is InChI=1S/C28H28N4O2/c1-34-25-11-7-21(8-12-25)20-30-28(33)23-10-9-22-13-14-29-27(26(22)19-23)32-17-15-31(16-18-32)24-5-3-2-4-6-24/h2-14,19H,15-18,20H2,1H3,(H,30,33). The minimum absolute atomic E-state index is 0.0959. The molecule has 3 aromatic carbocycles. The number of hydrogen-bond acceptors (Lipinski definition) is 5. The van der Waals surface area contributed by atoms with E-state index in [4.69, 9.17) is 9.72 Å².